The largest absolute Gasteiger partial charge is 0.412 e. The SMILES string of the molecule is CCCCCCCCCCCC(C)(C)C.O. The zero-order chi connectivity index (χ0) is 11.6. The minimum atomic E-state index is 0. The summed E-state index contributed by atoms with van der Waals surface area (Å²) >= 11 is 0. The van der Waals surface area contributed by atoms with Crippen molar-refractivity contribution in [1.29, 1.82) is 0 Å². The molecule has 0 aromatic heterocycles. The second-order valence-electron chi connectivity index (χ2n) is 6.14. The molecule has 1 heteroatoms. The lowest BCUT2D eigenvalue weighted by molar-refractivity contribution is 0.356. The van der Waals surface area contributed by atoms with Crippen molar-refractivity contribution in [2.24, 2.45) is 5.41 Å². The molecule has 0 aliphatic rings. The zero-order valence-corrected chi connectivity index (χ0v) is 12.1. The summed E-state index contributed by atoms with van der Waals surface area (Å²) in [5.74, 6) is 0. The Morgan fingerprint density at radius 1 is 0.625 bits per heavy atom. The highest BCUT2D eigenvalue weighted by Gasteiger charge is 2.08. The fourth-order valence-electron chi connectivity index (χ4n) is 1.97. The van der Waals surface area contributed by atoms with Crippen molar-refractivity contribution in [1.82, 2.24) is 0 Å². The molecular weight excluding hydrogens is 196 g/mol. The molecule has 0 amide bonds. The van der Waals surface area contributed by atoms with E-state index in [1.807, 2.05) is 0 Å². The van der Waals surface area contributed by atoms with E-state index in [1.165, 1.54) is 64.2 Å². The van der Waals surface area contributed by atoms with Crippen LogP contribution < -0.4 is 0 Å². The predicted octanol–water partition coefficient (Wildman–Crippen LogP) is 5.13. The smallest absolute Gasteiger partial charge is 0.0383 e. The van der Waals surface area contributed by atoms with Crippen LogP contribution >= 0.6 is 0 Å². The normalized spacial score (nSPS) is 11.2. The maximum absolute atomic E-state index is 2.34. The van der Waals surface area contributed by atoms with Gasteiger partial charge >= 0.3 is 0 Å². The quantitative estimate of drug-likeness (QED) is 0.492. The first-order valence-electron chi connectivity index (χ1n) is 7.06. The van der Waals surface area contributed by atoms with Gasteiger partial charge in [0.25, 0.3) is 0 Å². The van der Waals surface area contributed by atoms with Gasteiger partial charge in [-0.3, -0.25) is 0 Å². The molecule has 0 rings (SSSR count). The van der Waals surface area contributed by atoms with Crippen LogP contribution in [0.4, 0.5) is 0 Å². The molecular formula is C15H34O. The lowest BCUT2D eigenvalue weighted by Gasteiger charge is -2.17. The highest BCUT2D eigenvalue weighted by Crippen LogP contribution is 2.22. The van der Waals surface area contributed by atoms with Gasteiger partial charge in [-0.05, 0) is 11.8 Å². The number of rotatable bonds is 9. The predicted molar refractivity (Wildman–Crippen MR) is 74.9 cm³/mol. The molecule has 0 spiro atoms. The van der Waals surface area contributed by atoms with Crippen LogP contribution in [0.15, 0.2) is 0 Å². The van der Waals surface area contributed by atoms with Crippen molar-refractivity contribution in [2.45, 2.75) is 91.9 Å². The molecule has 0 saturated carbocycles. The van der Waals surface area contributed by atoms with Gasteiger partial charge in [0.05, 0.1) is 0 Å². The molecule has 0 heterocycles. The zero-order valence-electron chi connectivity index (χ0n) is 12.1. The third-order valence-electron chi connectivity index (χ3n) is 3.03. The van der Waals surface area contributed by atoms with Gasteiger partial charge in [0.2, 0.25) is 0 Å². The van der Waals surface area contributed by atoms with Gasteiger partial charge in [0, 0.05) is 0 Å². The summed E-state index contributed by atoms with van der Waals surface area (Å²) in [6.45, 7) is 9.32. The maximum atomic E-state index is 2.34. The van der Waals surface area contributed by atoms with Crippen LogP contribution in [0, 0.1) is 5.41 Å². The van der Waals surface area contributed by atoms with Gasteiger partial charge in [0.1, 0.15) is 0 Å². The Hall–Kier alpha value is -0.0400. The molecule has 0 radical (unpaired) electrons. The van der Waals surface area contributed by atoms with Gasteiger partial charge in [-0.1, -0.05) is 85.5 Å². The van der Waals surface area contributed by atoms with Gasteiger partial charge in [-0.15, -0.1) is 0 Å². The summed E-state index contributed by atoms with van der Waals surface area (Å²) in [5.41, 5.74) is 0.543. The molecule has 0 aromatic rings. The van der Waals surface area contributed by atoms with Crippen molar-refractivity contribution in [2.75, 3.05) is 0 Å². The van der Waals surface area contributed by atoms with Crippen LogP contribution in [-0.2, 0) is 0 Å². The van der Waals surface area contributed by atoms with E-state index in [2.05, 4.69) is 27.7 Å². The monoisotopic (exact) mass is 230 g/mol. The van der Waals surface area contributed by atoms with Gasteiger partial charge in [-0.2, -0.15) is 0 Å². The van der Waals surface area contributed by atoms with E-state index < -0.39 is 0 Å². The number of hydrogen-bond acceptors (Lipinski definition) is 0. The topological polar surface area (TPSA) is 31.5 Å². The third kappa shape index (κ3) is 16.4. The van der Waals surface area contributed by atoms with E-state index >= 15 is 0 Å². The van der Waals surface area contributed by atoms with E-state index in [0.29, 0.717) is 5.41 Å². The average Bonchev–Trinajstić information content (AvgIpc) is 2.14. The van der Waals surface area contributed by atoms with Crippen LogP contribution in [0.2, 0.25) is 0 Å². The maximum Gasteiger partial charge on any atom is -0.0383 e. The van der Waals surface area contributed by atoms with Crippen molar-refractivity contribution in [3.05, 3.63) is 0 Å². The summed E-state index contributed by atoms with van der Waals surface area (Å²) < 4.78 is 0. The molecule has 0 bridgehead atoms. The lowest BCUT2D eigenvalue weighted by atomic mass is 9.89. The Labute approximate surface area is 103 Å². The van der Waals surface area contributed by atoms with Crippen LogP contribution in [0.1, 0.15) is 91.9 Å². The van der Waals surface area contributed by atoms with E-state index in [4.69, 9.17) is 0 Å². The molecule has 1 nitrogen and oxygen atoms in total. The molecule has 0 atom stereocenters. The second-order valence-corrected chi connectivity index (χ2v) is 6.14. The molecule has 100 valence electrons. The van der Waals surface area contributed by atoms with Crippen molar-refractivity contribution in [3.8, 4) is 0 Å². The Morgan fingerprint density at radius 3 is 1.38 bits per heavy atom. The average molecular weight is 230 g/mol. The molecule has 0 aromatic carbocycles. The number of unbranched alkanes of at least 4 members (excludes halogenated alkanes) is 8. The Morgan fingerprint density at radius 2 is 1.00 bits per heavy atom. The summed E-state index contributed by atoms with van der Waals surface area (Å²) in [5, 5.41) is 0. The molecule has 0 aliphatic heterocycles. The molecule has 0 saturated heterocycles. The summed E-state index contributed by atoms with van der Waals surface area (Å²) in [6.07, 6.45) is 14.4. The highest BCUT2D eigenvalue weighted by atomic mass is 16.0. The molecule has 0 unspecified atom stereocenters. The number of hydrogen-bond donors (Lipinski definition) is 0. The van der Waals surface area contributed by atoms with Gasteiger partial charge in [0.15, 0.2) is 0 Å². The van der Waals surface area contributed by atoms with Gasteiger partial charge in [-0.25, -0.2) is 0 Å². The molecule has 0 fully saturated rings. The first-order valence-corrected chi connectivity index (χ1v) is 7.06. The summed E-state index contributed by atoms with van der Waals surface area (Å²) in [6, 6.07) is 0. The fourth-order valence-corrected chi connectivity index (χ4v) is 1.97. The minimum absolute atomic E-state index is 0. The first kappa shape index (κ1) is 18.3. The Bertz CT molecular complexity index is 124. The van der Waals surface area contributed by atoms with E-state index in [-0.39, 0.29) is 5.48 Å². The van der Waals surface area contributed by atoms with Crippen LogP contribution in [0.3, 0.4) is 0 Å². The standard InChI is InChI=1S/C15H32.H2O/c1-5-6-7-8-9-10-11-12-13-14-15(2,3)4;/h5-14H2,1-4H3;1H2. The second kappa shape index (κ2) is 11.4. The molecule has 2 N–H and O–H groups in total. The van der Waals surface area contributed by atoms with Crippen molar-refractivity contribution >= 4 is 0 Å². The molecule has 0 aliphatic carbocycles. The first-order chi connectivity index (χ1) is 7.06. The van der Waals surface area contributed by atoms with Gasteiger partial charge < -0.3 is 5.48 Å². The summed E-state index contributed by atoms with van der Waals surface area (Å²) in [7, 11) is 0. The van der Waals surface area contributed by atoms with E-state index in [9.17, 15) is 0 Å². The Balaban J connectivity index is 0. The van der Waals surface area contributed by atoms with Crippen LogP contribution in [-0.4, -0.2) is 5.48 Å². The summed E-state index contributed by atoms with van der Waals surface area (Å²) in [4.78, 5) is 0. The van der Waals surface area contributed by atoms with Crippen LogP contribution in [0.25, 0.3) is 0 Å². The van der Waals surface area contributed by atoms with Crippen molar-refractivity contribution in [3.63, 3.8) is 0 Å². The van der Waals surface area contributed by atoms with Crippen molar-refractivity contribution < 1.29 is 5.48 Å². The van der Waals surface area contributed by atoms with E-state index in [0.717, 1.165) is 0 Å². The highest BCUT2D eigenvalue weighted by molar-refractivity contribution is 4.60. The van der Waals surface area contributed by atoms with E-state index in [1.54, 1.807) is 0 Å². The fraction of sp³-hybridized carbons (Fsp3) is 1.00. The lowest BCUT2D eigenvalue weighted by Crippen LogP contribution is -2.03. The van der Waals surface area contributed by atoms with Crippen LogP contribution in [0.5, 0.6) is 0 Å². The minimum Gasteiger partial charge on any atom is -0.412 e. The Kier molecular flexibility index (Phi) is 13.1. The molecule has 16 heavy (non-hydrogen) atoms. The third-order valence-corrected chi connectivity index (χ3v) is 3.03.